The van der Waals surface area contributed by atoms with E-state index in [-0.39, 0.29) is 5.82 Å². The van der Waals surface area contributed by atoms with E-state index in [1.54, 1.807) is 12.1 Å². The van der Waals surface area contributed by atoms with Crippen molar-refractivity contribution < 1.29 is 4.39 Å². The lowest BCUT2D eigenvalue weighted by molar-refractivity contribution is 0.631. The monoisotopic (exact) mass is 267 g/mol. The lowest BCUT2D eigenvalue weighted by Gasteiger charge is -2.08. The lowest BCUT2D eigenvalue weighted by atomic mass is 9.90. The van der Waals surface area contributed by atoms with Gasteiger partial charge in [-0.3, -0.25) is 0 Å². The molecule has 0 atom stereocenters. The highest BCUT2D eigenvalue weighted by Gasteiger charge is 2.09. The summed E-state index contributed by atoms with van der Waals surface area (Å²) >= 11 is 5.90. The van der Waals surface area contributed by atoms with Crippen LogP contribution in [0.2, 0.25) is 5.02 Å². The summed E-state index contributed by atoms with van der Waals surface area (Å²) < 4.78 is 13.8. The molecule has 0 saturated carbocycles. The van der Waals surface area contributed by atoms with E-state index in [9.17, 15) is 4.39 Å². The molecule has 4 heteroatoms. The first-order chi connectivity index (χ1) is 9.15. The minimum atomic E-state index is -0.369. The normalized spacial score (nSPS) is 10.8. The molecule has 2 aromatic carbocycles. The predicted molar refractivity (Wildman–Crippen MR) is 77.5 cm³/mol. The van der Waals surface area contributed by atoms with Crippen molar-refractivity contribution in [3.05, 3.63) is 59.4 Å². The first kappa shape index (κ1) is 12.2. The lowest BCUT2D eigenvalue weighted by Crippen LogP contribution is -2.06. The standard InChI is InChI=1S/C15H8BClFN/c16-12-8-15(11-7-9(17)5-6-13(11)18)19-14-4-2-1-3-10(12)14/h1-8H. The number of halogens is 2. The molecule has 0 N–H and O–H groups in total. The Bertz CT molecular complexity index is 773. The minimum absolute atomic E-state index is 0.352. The molecule has 0 aliphatic carbocycles. The molecular weight excluding hydrogens is 259 g/mol. The SMILES string of the molecule is [B]c1cc(-c2cc(Cl)ccc2F)nc2ccccc12. The van der Waals surface area contributed by atoms with Gasteiger partial charge in [0.25, 0.3) is 0 Å². The Morgan fingerprint density at radius 2 is 1.84 bits per heavy atom. The van der Waals surface area contributed by atoms with Gasteiger partial charge in [-0.05, 0) is 35.7 Å². The first-order valence-corrected chi connectivity index (χ1v) is 6.13. The molecule has 0 aliphatic heterocycles. The van der Waals surface area contributed by atoms with Crippen LogP contribution >= 0.6 is 11.6 Å². The minimum Gasteiger partial charge on any atom is -0.248 e. The maximum absolute atomic E-state index is 13.8. The van der Waals surface area contributed by atoms with Crippen molar-refractivity contribution >= 4 is 35.8 Å². The number of hydrogen-bond acceptors (Lipinski definition) is 1. The molecule has 1 aromatic heterocycles. The Labute approximate surface area is 116 Å². The van der Waals surface area contributed by atoms with Crippen molar-refractivity contribution in [3.63, 3.8) is 0 Å². The molecular formula is C15H8BClFN. The van der Waals surface area contributed by atoms with Gasteiger partial charge in [-0.25, -0.2) is 9.37 Å². The molecule has 19 heavy (non-hydrogen) atoms. The zero-order valence-electron chi connectivity index (χ0n) is 9.90. The van der Waals surface area contributed by atoms with Gasteiger partial charge in [0.1, 0.15) is 13.7 Å². The highest BCUT2D eigenvalue weighted by atomic mass is 35.5. The molecule has 3 rings (SSSR count). The van der Waals surface area contributed by atoms with Crippen molar-refractivity contribution in [3.8, 4) is 11.3 Å². The highest BCUT2D eigenvalue weighted by molar-refractivity contribution is 6.38. The molecule has 1 heterocycles. The number of pyridine rings is 1. The van der Waals surface area contributed by atoms with Crippen LogP contribution in [0.15, 0.2) is 48.5 Å². The average Bonchev–Trinajstić information content (AvgIpc) is 2.41. The first-order valence-electron chi connectivity index (χ1n) is 5.76. The molecule has 3 aromatic rings. The quantitative estimate of drug-likeness (QED) is 0.615. The van der Waals surface area contributed by atoms with E-state index in [0.717, 1.165) is 10.9 Å². The van der Waals surface area contributed by atoms with E-state index in [4.69, 9.17) is 19.4 Å². The molecule has 0 saturated heterocycles. The van der Waals surface area contributed by atoms with Crippen LogP contribution in [0.3, 0.4) is 0 Å². The number of aromatic nitrogens is 1. The van der Waals surface area contributed by atoms with E-state index in [1.807, 2.05) is 24.3 Å². The third kappa shape index (κ3) is 2.22. The van der Waals surface area contributed by atoms with Crippen LogP contribution in [0.4, 0.5) is 4.39 Å². The van der Waals surface area contributed by atoms with E-state index in [1.165, 1.54) is 12.1 Å². The van der Waals surface area contributed by atoms with E-state index < -0.39 is 0 Å². The smallest absolute Gasteiger partial charge is 0.132 e. The van der Waals surface area contributed by atoms with E-state index >= 15 is 0 Å². The summed E-state index contributed by atoms with van der Waals surface area (Å²) in [6.07, 6.45) is 0. The van der Waals surface area contributed by atoms with Crippen LogP contribution in [0, 0.1) is 5.82 Å². The predicted octanol–water partition coefficient (Wildman–Crippen LogP) is 3.49. The molecule has 1 nitrogen and oxygen atoms in total. The van der Waals surface area contributed by atoms with Crippen molar-refractivity contribution in [2.24, 2.45) is 0 Å². The van der Waals surface area contributed by atoms with Gasteiger partial charge in [0.15, 0.2) is 0 Å². The molecule has 0 spiro atoms. The van der Waals surface area contributed by atoms with Crippen molar-refractivity contribution in [2.75, 3.05) is 0 Å². The van der Waals surface area contributed by atoms with Gasteiger partial charge >= 0.3 is 0 Å². The topological polar surface area (TPSA) is 12.9 Å². The number of fused-ring (bicyclic) bond motifs is 1. The molecule has 0 bridgehead atoms. The van der Waals surface area contributed by atoms with Crippen LogP contribution in [0.25, 0.3) is 22.2 Å². The summed E-state index contributed by atoms with van der Waals surface area (Å²) in [5.74, 6) is -0.369. The molecule has 0 amide bonds. The average molecular weight is 267 g/mol. The maximum Gasteiger partial charge on any atom is 0.132 e. The number of para-hydroxylation sites is 1. The fourth-order valence-electron chi connectivity index (χ4n) is 2.03. The Morgan fingerprint density at radius 3 is 2.68 bits per heavy atom. The number of rotatable bonds is 1. The van der Waals surface area contributed by atoms with Gasteiger partial charge in [0, 0.05) is 10.6 Å². The zero-order valence-corrected chi connectivity index (χ0v) is 10.7. The van der Waals surface area contributed by atoms with Gasteiger partial charge in [-0.1, -0.05) is 35.3 Å². The second-order valence-corrected chi connectivity index (χ2v) is 4.67. The van der Waals surface area contributed by atoms with Crippen LogP contribution in [-0.4, -0.2) is 12.8 Å². The van der Waals surface area contributed by atoms with Gasteiger partial charge in [0.2, 0.25) is 0 Å². The van der Waals surface area contributed by atoms with E-state index in [2.05, 4.69) is 4.98 Å². The molecule has 0 unspecified atom stereocenters. The molecule has 0 aliphatic rings. The molecule has 2 radical (unpaired) electrons. The number of benzene rings is 2. The Kier molecular flexibility index (Phi) is 2.99. The van der Waals surface area contributed by atoms with Crippen molar-refractivity contribution in [1.82, 2.24) is 4.98 Å². The zero-order chi connectivity index (χ0) is 13.4. The summed E-state index contributed by atoms with van der Waals surface area (Å²) in [5.41, 5.74) is 2.14. The van der Waals surface area contributed by atoms with E-state index in [0.29, 0.717) is 21.7 Å². The van der Waals surface area contributed by atoms with Crippen LogP contribution in [0.5, 0.6) is 0 Å². The number of hydrogen-bond donors (Lipinski definition) is 0. The summed E-state index contributed by atoms with van der Waals surface area (Å²) in [6.45, 7) is 0. The third-order valence-corrected chi connectivity index (χ3v) is 3.19. The summed E-state index contributed by atoms with van der Waals surface area (Å²) in [7, 11) is 5.99. The maximum atomic E-state index is 13.8. The highest BCUT2D eigenvalue weighted by Crippen LogP contribution is 2.25. The largest absolute Gasteiger partial charge is 0.248 e. The summed E-state index contributed by atoms with van der Waals surface area (Å²) in [4.78, 5) is 4.43. The fraction of sp³-hybridized carbons (Fsp3) is 0. The summed E-state index contributed by atoms with van der Waals surface area (Å²) in [6, 6.07) is 13.5. The van der Waals surface area contributed by atoms with Crippen molar-refractivity contribution in [1.29, 1.82) is 0 Å². The van der Waals surface area contributed by atoms with Crippen LogP contribution in [0.1, 0.15) is 0 Å². The summed E-state index contributed by atoms with van der Waals surface area (Å²) in [5, 5.41) is 1.32. The van der Waals surface area contributed by atoms with Gasteiger partial charge in [-0.15, -0.1) is 0 Å². The van der Waals surface area contributed by atoms with Crippen LogP contribution < -0.4 is 5.46 Å². The number of nitrogens with zero attached hydrogens (tertiary/aromatic N) is 1. The van der Waals surface area contributed by atoms with Gasteiger partial charge in [-0.2, -0.15) is 0 Å². The van der Waals surface area contributed by atoms with Gasteiger partial charge < -0.3 is 0 Å². The fourth-order valence-corrected chi connectivity index (χ4v) is 2.21. The Balaban J connectivity index is 2.28. The second kappa shape index (κ2) is 4.67. The third-order valence-electron chi connectivity index (χ3n) is 2.95. The molecule has 90 valence electrons. The second-order valence-electron chi connectivity index (χ2n) is 4.24. The van der Waals surface area contributed by atoms with Crippen molar-refractivity contribution in [2.45, 2.75) is 0 Å². The van der Waals surface area contributed by atoms with Crippen LogP contribution in [-0.2, 0) is 0 Å². The van der Waals surface area contributed by atoms with Gasteiger partial charge in [0.05, 0.1) is 11.2 Å². The molecule has 0 fully saturated rings. The Morgan fingerprint density at radius 1 is 1.05 bits per heavy atom. The Hall–Kier alpha value is -1.87.